The summed E-state index contributed by atoms with van der Waals surface area (Å²) in [7, 11) is 0. The second kappa shape index (κ2) is 3.83. The lowest BCUT2D eigenvalue weighted by molar-refractivity contribution is 0.103. The van der Waals surface area contributed by atoms with Crippen molar-refractivity contribution in [1.82, 2.24) is 14.6 Å². The number of aromatic nitrogens is 3. The fraction of sp³-hybridized carbons (Fsp3) is 0. The van der Waals surface area contributed by atoms with E-state index in [2.05, 4.69) is 10.1 Å². The molecule has 17 heavy (non-hydrogen) atoms. The molecule has 3 aromatic rings. The average molecular weight is 223 g/mol. The maximum Gasteiger partial charge on any atom is 0.213 e. The second-order valence-electron chi connectivity index (χ2n) is 3.65. The molecule has 0 aliphatic heterocycles. The van der Waals surface area contributed by atoms with E-state index in [-0.39, 0.29) is 5.78 Å². The molecule has 3 rings (SSSR count). The fourth-order valence-electron chi connectivity index (χ4n) is 1.68. The largest absolute Gasteiger partial charge is 0.287 e. The van der Waals surface area contributed by atoms with Crippen LogP contribution in [0.25, 0.3) is 5.65 Å². The molecule has 0 radical (unpaired) electrons. The molecule has 0 unspecified atom stereocenters. The number of hydrogen-bond acceptors (Lipinski definition) is 3. The molecule has 0 N–H and O–H groups in total. The molecule has 4 heteroatoms. The number of carbonyl (C=O) groups is 1. The van der Waals surface area contributed by atoms with Crippen LogP contribution in [-0.2, 0) is 0 Å². The predicted octanol–water partition coefficient (Wildman–Crippen LogP) is 1.96. The Morgan fingerprint density at radius 1 is 1.06 bits per heavy atom. The summed E-state index contributed by atoms with van der Waals surface area (Å²) in [6.07, 6.45) is 3.30. The van der Waals surface area contributed by atoms with E-state index in [1.807, 2.05) is 24.3 Å². The van der Waals surface area contributed by atoms with Gasteiger partial charge in [-0.1, -0.05) is 30.3 Å². The number of nitrogens with zero attached hydrogens (tertiary/aromatic N) is 3. The Hall–Kier alpha value is -2.49. The molecule has 2 heterocycles. The fourth-order valence-corrected chi connectivity index (χ4v) is 1.68. The SMILES string of the molecule is O=C(c1ccccc1)c1cn2ncccc2n1. The van der Waals surface area contributed by atoms with Crippen molar-refractivity contribution in [3.05, 3.63) is 66.1 Å². The zero-order chi connectivity index (χ0) is 11.7. The molecule has 0 bridgehead atoms. The molecule has 0 aliphatic rings. The van der Waals surface area contributed by atoms with E-state index in [0.29, 0.717) is 16.9 Å². The Morgan fingerprint density at radius 2 is 1.88 bits per heavy atom. The number of carbonyl (C=O) groups excluding carboxylic acids is 1. The van der Waals surface area contributed by atoms with Crippen LogP contribution in [0.5, 0.6) is 0 Å². The minimum absolute atomic E-state index is 0.0869. The Morgan fingerprint density at radius 3 is 2.65 bits per heavy atom. The highest BCUT2D eigenvalue weighted by Gasteiger charge is 2.12. The summed E-state index contributed by atoms with van der Waals surface area (Å²) >= 11 is 0. The molecule has 4 nitrogen and oxygen atoms in total. The third kappa shape index (κ3) is 1.69. The quantitative estimate of drug-likeness (QED) is 0.624. The van der Waals surface area contributed by atoms with Gasteiger partial charge in [0.15, 0.2) is 5.65 Å². The van der Waals surface area contributed by atoms with Crippen LogP contribution in [-0.4, -0.2) is 20.4 Å². The van der Waals surface area contributed by atoms with Crippen LogP contribution in [0.1, 0.15) is 16.1 Å². The van der Waals surface area contributed by atoms with Gasteiger partial charge in [-0.25, -0.2) is 9.50 Å². The van der Waals surface area contributed by atoms with Crippen molar-refractivity contribution in [3.63, 3.8) is 0 Å². The number of hydrogen-bond donors (Lipinski definition) is 0. The Kier molecular flexibility index (Phi) is 2.19. The number of ketones is 1. The third-order valence-corrected chi connectivity index (χ3v) is 2.51. The van der Waals surface area contributed by atoms with Crippen molar-refractivity contribution in [2.75, 3.05) is 0 Å². The van der Waals surface area contributed by atoms with Gasteiger partial charge in [-0.15, -0.1) is 0 Å². The monoisotopic (exact) mass is 223 g/mol. The minimum Gasteiger partial charge on any atom is -0.287 e. The Bertz CT molecular complexity index is 640. The number of imidazole rings is 1. The lowest BCUT2D eigenvalue weighted by atomic mass is 10.1. The molecule has 0 fully saturated rings. The minimum atomic E-state index is -0.0869. The molecule has 82 valence electrons. The van der Waals surface area contributed by atoms with E-state index in [0.717, 1.165) is 0 Å². The van der Waals surface area contributed by atoms with Gasteiger partial charge in [0.1, 0.15) is 5.69 Å². The highest BCUT2D eigenvalue weighted by Crippen LogP contribution is 2.09. The van der Waals surface area contributed by atoms with Gasteiger partial charge in [-0.05, 0) is 12.1 Å². The first-order valence-electron chi connectivity index (χ1n) is 5.25. The second-order valence-corrected chi connectivity index (χ2v) is 3.65. The average Bonchev–Trinajstić information content (AvgIpc) is 2.82. The lowest BCUT2D eigenvalue weighted by Crippen LogP contribution is -2.00. The van der Waals surface area contributed by atoms with Crippen LogP contribution < -0.4 is 0 Å². The molecular weight excluding hydrogens is 214 g/mol. The first kappa shape index (κ1) is 9.72. The van der Waals surface area contributed by atoms with Crippen LogP contribution in [0.3, 0.4) is 0 Å². The normalized spacial score (nSPS) is 10.6. The van der Waals surface area contributed by atoms with Crippen molar-refractivity contribution >= 4 is 11.4 Å². The summed E-state index contributed by atoms with van der Waals surface area (Å²) in [6.45, 7) is 0. The highest BCUT2D eigenvalue weighted by atomic mass is 16.1. The molecule has 0 spiro atoms. The van der Waals surface area contributed by atoms with Crippen LogP contribution in [0.15, 0.2) is 54.9 Å². The van der Waals surface area contributed by atoms with Crippen molar-refractivity contribution in [2.45, 2.75) is 0 Å². The molecule has 0 aliphatic carbocycles. The Balaban J connectivity index is 2.07. The van der Waals surface area contributed by atoms with E-state index in [1.54, 1.807) is 35.1 Å². The number of benzene rings is 1. The van der Waals surface area contributed by atoms with Gasteiger partial charge in [-0.2, -0.15) is 5.10 Å². The van der Waals surface area contributed by atoms with Crippen molar-refractivity contribution < 1.29 is 4.79 Å². The van der Waals surface area contributed by atoms with Crippen molar-refractivity contribution in [1.29, 1.82) is 0 Å². The summed E-state index contributed by atoms with van der Waals surface area (Å²) in [5.41, 5.74) is 1.72. The number of rotatable bonds is 2. The number of fused-ring (bicyclic) bond motifs is 1. The van der Waals surface area contributed by atoms with E-state index in [9.17, 15) is 4.79 Å². The molecule has 0 atom stereocenters. The predicted molar refractivity (Wildman–Crippen MR) is 62.9 cm³/mol. The van der Waals surface area contributed by atoms with Gasteiger partial charge < -0.3 is 0 Å². The van der Waals surface area contributed by atoms with Crippen LogP contribution in [0.2, 0.25) is 0 Å². The van der Waals surface area contributed by atoms with Gasteiger partial charge in [0.2, 0.25) is 5.78 Å². The lowest BCUT2D eigenvalue weighted by Gasteiger charge is -1.94. The van der Waals surface area contributed by atoms with Crippen molar-refractivity contribution in [3.8, 4) is 0 Å². The first-order valence-corrected chi connectivity index (χ1v) is 5.25. The zero-order valence-electron chi connectivity index (χ0n) is 8.95. The van der Waals surface area contributed by atoms with Crippen LogP contribution in [0, 0.1) is 0 Å². The molecule has 1 aromatic carbocycles. The summed E-state index contributed by atoms with van der Waals surface area (Å²) in [5, 5.41) is 4.08. The van der Waals surface area contributed by atoms with Gasteiger partial charge >= 0.3 is 0 Å². The molecule has 0 saturated carbocycles. The van der Waals surface area contributed by atoms with E-state index >= 15 is 0 Å². The third-order valence-electron chi connectivity index (χ3n) is 2.51. The van der Waals surface area contributed by atoms with Gasteiger partial charge in [0.25, 0.3) is 0 Å². The zero-order valence-corrected chi connectivity index (χ0v) is 8.95. The highest BCUT2D eigenvalue weighted by molar-refractivity contribution is 6.07. The molecule has 2 aromatic heterocycles. The maximum atomic E-state index is 12.1. The summed E-state index contributed by atoms with van der Waals surface area (Å²) < 4.78 is 1.59. The molecule has 0 saturated heterocycles. The van der Waals surface area contributed by atoms with Gasteiger partial charge in [-0.3, -0.25) is 4.79 Å². The van der Waals surface area contributed by atoms with E-state index in [4.69, 9.17) is 0 Å². The topological polar surface area (TPSA) is 47.3 Å². The van der Waals surface area contributed by atoms with E-state index < -0.39 is 0 Å². The maximum absolute atomic E-state index is 12.1. The van der Waals surface area contributed by atoms with E-state index in [1.165, 1.54) is 0 Å². The summed E-state index contributed by atoms with van der Waals surface area (Å²) in [6, 6.07) is 12.7. The van der Waals surface area contributed by atoms with Gasteiger partial charge in [0.05, 0.1) is 6.20 Å². The molecular formula is C13H9N3O. The van der Waals surface area contributed by atoms with Crippen molar-refractivity contribution in [2.24, 2.45) is 0 Å². The smallest absolute Gasteiger partial charge is 0.213 e. The molecule has 0 amide bonds. The van der Waals surface area contributed by atoms with Crippen LogP contribution in [0.4, 0.5) is 0 Å². The van der Waals surface area contributed by atoms with Crippen LogP contribution >= 0.6 is 0 Å². The van der Waals surface area contributed by atoms with Gasteiger partial charge in [0, 0.05) is 11.8 Å². The summed E-state index contributed by atoms with van der Waals surface area (Å²) in [4.78, 5) is 16.4. The summed E-state index contributed by atoms with van der Waals surface area (Å²) in [5.74, 6) is -0.0869. The standard InChI is InChI=1S/C13H9N3O/c17-13(10-5-2-1-3-6-10)11-9-16-12(15-11)7-4-8-14-16/h1-9H. The first-order chi connectivity index (χ1) is 8.34. The Labute approximate surface area is 97.5 Å².